The Morgan fingerprint density at radius 3 is 2.50 bits per heavy atom. The van der Waals surface area contributed by atoms with Crippen molar-refractivity contribution in [1.29, 1.82) is 0 Å². The Kier molecular flexibility index (Phi) is 7.22. The Morgan fingerprint density at radius 2 is 1.82 bits per heavy atom. The van der Waals surface area contributed by atoms with Crippen molar-refractivity contribution in [2.75, 3.05) is 6.54 Å². The highest BCUT2D eigenvalue weighted by Crippen LogP contribution is 2.27. The third-order valence-electron chi connectivity index (χ3n) is 4.63. The van der Waals surface area contributed by atoms with Crippen LogP contribution >= 0.6 is 0 Å². The number of hydrogen-bond donors (Lipinski definition) is 4. The van der Waals surface area contributed by atoms with Crippen LogP contribution < -0.4 is 16.2 Å². The number of nitrogens with zero attached hydrogens (tertiary/aromatic N) is 3. The summed E-state index contributed by atoms with van der Waals surface area (Å²) < 4.78 is 79.2. The highest BCUT2D eigenvalue weighted by Gasteiger charge is 2.36. The maximum absolute atomic E-state index is 13.9. The molecule has 2 aromatic rings. The third-order valence-corrected chi connectivity index (χ3v) is 4.63. The number of aliphatic imine (C=N–C) groups is 1. The number of halogens is 6. The number of nitrogens with one attached hydrogen (secondary N) is 3. The topological polar surface area (TPSA) is 129 Å². The van der Waals surface area contributed by atoms with Crippen LogP contribution in [-0.2, 0) is 23.8 Å². The van der Waals surface area contributed by atoms with Gasteiger partial charge in [0.15, 0.2) is 17.5 Å². The molecule has 0 bridgehead atoms. The standard InChI is InChI=1S/C19H16F6N6O3/c20-11-6-13(22)12(21)4-9(11)3-10(28-18(33)34)5-14(32)30-31-16-15-8(1-2-26-16)7-27-17(29-15)19(23,24)25/h4,6-7,10,28H,1-3,5H2,(H,26,31)(H,30,32)(H,33,34)/t10-/m1/s1. The summed E-state index contributed by atoms with van der Waals surface area (Å²) in [5, 5.41) is 10.9. The SMILES string of the molecule is O=C(O)N[C@@H](CC(=O)NNC1=NCCc2cnc(C(F)(F)F)nc21)Cc1cc(F)c(F)cc1F. The minimum absolute atomic E-state index is 0.169. The molecule has 15 heteroatoms. The molecular weight excluding hydrogens is 474 g/mol. The van der Waals surface area contributed by atoms with Crippen molar-refractivity contribution < 1.29 is 41.0 Å². The fourth-order valence-electron chi connectivity index (χ4n) is 3.13. The molecule has 2 heterocycles. The fraction of sp³-hybridized carbons (Fsp3) is 0.316. The minimum atomic E-state index is -4.80. The lowest BCUT2D eigenvalue weighted by Gasteiger charge is -2.20. The number of hydrogen-bond acceptors (Lipinski definition) is 6. The normalized spacial score (nSPS) is 14.0. The van der Waals surface area contributed by atoms with E-state index < -0.39 is 60.3 Å². The third kappa shape index (κ3) is 6.11. The molecule has 0 spiro atoms. The number of rotatable bonds is 5. The summed E-state index contributed by atoms with van der Waals surface area (Å²) in [7, 11) is 0. The van der Waals surface area contributed by atoms with Gasteiger partial charge in [-0.25, -0.2) is 27.9 Å². The predicted octanol–water partition coefficient (Wildman–Crippen LogP) is 2.11. The van der Waals surface area contributed by atoms with Crippen molar-refractivity contribution in [1.82, 2.24) is 26.1 Å². The lowest BCUT2D eigenvalue weighted by molar-refractivity contribution is -0.145. The molecule has 3 rings (SSSR count). The molecule has 4 N–H and O–H groups in total. The molecule has 0 unspecified atom stereocenters. The fourth-order valence-corrected chi connectivity index (χ4v) is 3.13. The quantitative estimate of drug-likeness (QED) is 0.289. The summed E-state index contributed by atoms with van der Waals surface area (Å²) in [4.78, 5) is 34.0. The van der Waals surface area contributed by atoms with Crippen molar-refractivity contribution >= 4 is 17.8 Å². The van der Waals surface area contributed by atoms with E-state index in [9.17, 15) is 35.9 Å². The van der Waals surface area contributed by atoms with Crippen LogP contribution in [-0.4, -0.2) is 45.5 Å². The monoisotopic (exact) mass is 490 g/mol. The van der Waals surface area contributed by atoms with Gasteiger partial charge in [0.1, 0.15) is 11.5 Å². The van der Waals surface area contributed by atoms with Crippen molar-refractivity contribution in [2.24, 2.45) is 4.99 Å². The number of carbonyl (C=O) groups excluding carboxylic acids is 1. The van der Waals surface area contributed by atoms with E-state index >= 15 is 0 Å². The number of alkyl halides is 3. The molecule has 1 aromatic heterocycles. The molecule has 1 atom stereocenters. The van der Waals surface area contributed by atoms with Crippen LogP contribution in [0.3, 0.4) is 0 Å². The highest BCUT2D eigenvalue weighted by atomic mass is 19.4. The van der Waals surface area contributed by atoms with Gasteiger partial charge in [-0.1, -0.05) is 0 Å². The molecule has 0 radical (unpaired) electrons. The molecule has 0 aliphatic carbocycles. The van der Waals surface area contributed by atoms with Gasteiger partial charge in [-0.05, 0) is 24.5 Å². The smallest absolute Gasteiger partial charge is 0.451 e. The molecular formula is C19H16F6N6O3. The van der Waals surface area contributed by atoms with E-state index in [1.54, 1.807) is 0 Å². The molecule has 1 aromatic carbocycles. The van der Waals surface area contributed by atoms with Crippen LogP contribution in [0.4, 0.5) is 31.1 Å². The minimum Gasteiger partial charge on any atom is -0.465 e. The number of aromatic nitrogens is 2. The van der Waals surface area contributed by atoms with Crippen LogP contribution in [0.25, 0.3) is 0 Å². The number of carbonyl (C=O) groups is 2. The highest BCUT2D eigenvalue weighted by molar-refractivity contribution is 5.99. The zero-order valence-electron chi connectivity index (χ0n) is 17.0. The number of amidine groups is 1. The van der Waals surface area contributed by atoms with Gasteiger partial charge in [0.05, 0.1) is 0 Å². The summed E-state index contributed by atoms with van der Waals surface area (Å²) >= 11 is 0. The maximum atomic E-state index is 13.9. The number of benzene rings is 1. The summed E-state index contributed by atoms with van der Waals surface area (Å²) in [6, 6.07) is -0.415. The first-order valence-corrected chi connectivity index (χ1v) is 9.59. The van der Waals surface area contributed by atoms with E-state index in [4.69, 9.17) is 5.11 Å². The van der Waals surface area contributed by atoms with Crippen molar-refractivity contribution in [3.63, 3.8) is 0 Å². The molecule has 0 saturated heterocycles. The van der Waals surface area contributed by atoms with Crippen LogP contribution in [0.1, 0.15) is 29.1 Å². The van der Waals surface area contributed by atoms with E-state index in [1.807, 2.05) is 5.32 Å². The average Bonchev–Trinajstić information content (AvgIpc) is 2.74. The van der Waals surface area contributed by atoms with Gasteiger partial charge >= 0.3 is 12.3 Å². The first-order chi connectivity index (χ1) is 15.9. The number of hydrazine groups is 1. The Labute approximate surface area is 187 Å². The molecule has 0 fully saturated rings. The van der Waals surface area contributed by atoms with Gasteiger partial charge in [-0.15, -0.1) is 0 Å². The number of amides is 2. The lowest BCUT2D eigenvalue weighted by atomic mass is 10.0. The van der Waals surface area contributed by atoms with E-state index in [-0.39, 0.29) is 30.1 Å². The molecule has 182 valence electrons. The number of carboxylic acid groups (broad SMARTS) is 1. The van der Waals surface area contributed by atoms with Crippen LogP contribution in [0.15, 0.2) is 23.3 Å². The van der Waals surface area contributed by atoms with E-state index in [1.165, 1.54) is 0 Å². The van der Waals surface area contributed by atoms with E-state index in [0.717, 1.165) is 6.20 Å². The van der Waals surface area contributed by atoms with Gasteiger partial charge in [0, 0.05) is 36.8 Å². The van der Waals surface area contributed by atoms with Gasteiger partial charge in [0.2, 0.25) is 11.7 Å². The second kappa shape index (κ2) is 9.93. The van der Waals surface area contributed by atoms with Crippen molar-refractivity contribution in [3.8, 4) is 0 Å². The Bertz CT molecular complexity index is 1140. The summed E-state index contributed by atoms with van der Waals surface area (Å²) in [6.07, 6.45) is -6.16. The largest absolute Gasteiger partial charge is 0.465 e. The molecule has 1 aliphatic heterocycles. The van der Waals surface area contributed by atoms with Crippen LogP contribution in [0.5, 0.6) is 0 Å². The van der Waals surface area contributed by atoms with Gasteiger partial charge in [-0.3, -0.25) is 20.6 Å². The summed E-state index contributed by atoms with van der Waals surface area (Å²) in [5.41, 5.74) is 4.31. The maximum Gasteiger partial charge on any atom is 0.451 e. The zero-order valence-corrected chi connectivity index (χ0v) is 17.0. The van der Waals surface area contributed by atoms with Gasteiger partial charge < -0.3 is 10.4 Å². The Morgan fingerprint density at radius 1 is 1.12 bits per heavy atom. The van der Waals surface area contributed by atoms with E-state index in [0.29, 0.717) is 17.7 Å². The first kappa shape index (κ1) is 24.7. The zero-order chi connectivity index (χ0) is 25.0. The summed E-state index contributed by atoms with van der Waals surface area (Å²) in [6.45, 7) is 0.179. The average molecular weight is 490 g/mol. The Hall–Kier alpha value is -3.91. The van der Waals surface area contributed by atoms with Crippen LogP contribution in [0, 0.1) is 17.5 Å². The van der Waals surface area contributed by atoms with E-state index in [2.05, 4.69) is 25.8 Å². The second-order valence-corrected chi connectivity index (χ2v) is 7.13. The molecule has 0 saturated carbocycles. The van der Waals surface area contributed by atoms with Gasteiger partial charge in [-0.2, -0.15) is 13.2 Å². The molecule has 9 nitrogen and oxygen atoms in total. The molecule has 34 heavy (non-hydrogen) atoms. The van der Waals surface area contributed by atoms with Crippen molar-refractivity contribution in [3.05, 3.63) is 58.4 Å². The lowest BCUT2D eigenvalue weighted by Crippen LogP contribution is -2.47. The van der Waals surface area contributed by atoms with Crippen molar-refractivity contribution in [2.45, 2.75) is 31.5 Å². The molecule has 1 aliphatic rings. The second-order valence-electron chi connectivity index (χ2n) is 7.13. The van der Waals surface area contributed by atoms with Gasteiger partial charge in [0.25, 0.3) is 0 Å². The summed E-state index contributed by atoms with van der Waals surface area (Å²) in [5.74, 6) is -6.35. The van der Waals surface area contributed by atoms with Crippen LogP contribution in [0.2, 0.25) is 0 Å². The molecule has 2 amide bonds. The number of fused-ring (bicyclic) bond motifs is 1. The predicted molar refractivity (Wildman–Crippen MR) is 103 cm³/mol. The Balaban J connectivity index is 1.69. The first-order valence-electron chi connectivity index (χ1n) is 9.59.